The summed E-state index contributed by atoms with van der Waals surface area (Å²) in [4.78, 5) is 18.3. The highest BCUT2D eigenvalue weighted by atomic mass is 35.5. The number of halogens is 1. The van der Waals surface area contributed by atoms with Crippen molar-refractivity contribution in [3.05, 3.63) is 58.1 Å². The van der Waals surface area contributed by atoms with Crippen molar-refractivity contribution < 1.29 is 9.53 Å². The number of carbonyl (C=O) groups is 1. The fourth-order valence-electron chi connectivity index (χ4n) is 3.65. The third-order valence-corrected chi connectivity index (χ3v) is 5.72. The molecule has 1 aliphatic rings. The molecule has 2 aromatic carbocycles. The van der Waals surface area contributed by atoms with E-state index in [-0.39, 0.29) is 11.5 Å². The summed E-state index contributed by atoms with van der Waals surface area (Å²) in [5.41, 5.74) is 4.73. The second kappa shape index (κ2) is 7.35. The number of benzene rings is 2. The lowest BCUT2D eigenvalue weighted by Gasteiger charge is -2.45. The van der Waals surface area contributed by atoms with Gasteiger partial charge in [-0.2, -0.15) is 0 Å². The van der Waals surface area contributed by atoms with Gasteiger partial charge >= 0.3 is 5.97 Å². The summed E-state index contributed by atoms with van der Waals surface area (Å²) in [5.74, 6) is 0.0965. The summed E-state index contributed by atoms with van der Waals surface area (Å²) in [7, 11) is 3.49. The predicted molar refractivity (Wildman–Crippen MR) is 112 cm³/mol. The highest BCUT2D eigenvalue weighted by Gasteiger charge is 2.34. The first kappa shape index (κ1) is 19.4. The lowest BCUT2D eigenvalue weighted by Crippen LogP contribution is -2.45. The number of rotatable bonds is 3. The average Bonchev–Trinajstić information content (AvgIpc) is 2.64. The molecule has 3 rings (SSSR count). The Labute approximate surface area is 165 Å². The Morgan fingerprint density at radius 2 is 1.96 bits per heavy atom. The summed E-state index contributed by atoms with van der Waals surface area (Å²) in [6.45, 7) is 6.77. The van der Waals surface area contributed by atoms with Gasteiger partial charge in [0.15, 0.2) is 0 Å². The van der Waals surface area contributed by atoms with E-state index in [0.29, 0.717) is 16.5 Å². The molecule has 4 nitrogen and oxygen atoms in total. The van der Waals surface area contributed by atoms with Gasteiger partial charge in [-0.3, -0.25) is 4.99 Å². The van der Waals surface area contributed by atoms with Crippen molar-refractivity contribution in [1.29, 1.82) is 0 Å². The number of methoxy groups -OCH3 is 1. The molecule has 142 valence electrons. The molecule has 1 unspecified atom stereocenters. The zero-order chi connectivity index (χ0) is 19.8. The van der Waals surface area contributed by atoms with Crippen LogP contribution in [-0.2, 0) is 4.74 Å². The summed E-state index contributed by atoms with van der Waals surface area (Å²) in [6, 6.07) is 11.1. The number of esters is 1. The zero-order valence-corrected chi connectivity index (χ0v) is 17.2. The molecule has 0 bridgehead atoms. The van der Waals surface area contributed by atoms with Crippen molar-refractivity contribution in [3.8, 4) is 0 Å². The molecule has 1 aliphatic heterocycles. The smallest absolute Gasteiger partial charge is 0.337 e. The SMILES string of the molecule is COC(=O)c1ccc(N=Cc2cc3c(cc2Cl)N(C)C(C)(C)CC3C)cc1. The Bertz CT molecular complexity index is 888. The Hall–Kier alpha value is -2.33. The maximum atomic E-state index is 11.5. The maximum Gasteiger partial charge on any atom is 0.337 e. The molecule has 0 N–H and O–H groups in total. The second-order valence-corrected chi connectivity index (χ2v) is 8.11. The third-order valence-electron chi connectivity index (χ3n) is 5.39. The topological polar surface area (TPSA) is 41.9 Å². The van der Waals surface area contributed by atoms with Crippen molar-refractivity contribution in [1.82, 2.24) is 0 Å². The molecule has 0 saturated carbocycles. The average molecular weight is 385 g/mol. The van der Waals surface area contributed by atoms with E-state index >= 15 is 0 Å². The highest BCUT2D eigenvalue weighted by molar-refractivity contribution is 6.33. The number of anilines is 1. The number of carbonyl (C=O) groups excluding carboxylic acids is 1. The van der Waals surface area contributed by atoms with E-state index in [0.717, 1.165) is 17.7 Å². The quantitative estimate of drug-likeness (QED) is 0.511. The van der Waals surface area contributed by atoms with E-state index in [1.54, 1.807) is 30.5 Å². The summed E-state index contributed by atoms with van der Waals surface area (Å²) < 4.78 is 4.71. The van der Waals surface area contributed by atoms with Gasteiger partial charge in [0.25, 0.3) is 0 Å². The van der Waals surface area contributed by atoms with Crippen LogP contribution in [0.3, 0.4) is 0 Å². The Kier molecular flexibility index (Phi) is 5.29. The summed E-state index contributed by atoms with van der Waals surface area (Å²) in [6.07, 6.45) is 2.87. The van der Waals surface area contributed by atoms with Crippen LogP contribution in [0, 0.1) is 0 Å². The molecule has 0 aliphatic carbocycles. The monoisotopic (exact) mass is 384 g/mol. The number of aliphatic imine (C=N–C) groups is 1. The van der Waals surface area contributed by atoms with Crippen LogP contribution in [0.25, 0.3) is 0 Å². The van der Waals surface area contributed by atoms with E-state index < -0.39 is 0 Å². The Morgan fingerprint density at radius 1 is 1.30 bits per heavy atom. The van der Waals surface area contributed by atoms with Gasteiger partial charge in [-0.15, -0.1) is 0 Å². The standard InChI is InChI=1S/C22H25ClN2O2/c1-14-12-22(2,3)25(4)20-11-19(23)16(10-18(14)20)13-24-17-8-6-15(7-9-17)21(26)27-5/h6-11,13-14H,12H2,1-5H3. The molecule has 0 radical (unpaired) electrons. The molecule has 27 heavy (non-hydrogen) atoms. The van der Waals surface area contributed by atoms with E-state index in [1.807, 2.05) is 6.07 Å². The van der Waals surface area contributed by atoms with Crippen molar-refractivity contribution in [2.75, 3.05) is 19.1 Å². The summed E-state index contributed by atoms with van der Waals surface area (Å²) >= 11 is 6.54. The molecule has 0 amide bonds. The van der Waals surface area contributed by atoms with Gasteiger partial charge < -0.3 is 9.64 Å². The van der Waals surface area contributed by atoms with Gasteiger partial charge in [-0.25, -0.2) is 4.79 Å². The van der Waals surface area contributed by atoms with Crippen LogP contribution in [0.15, 0.2) is 41.4 Å². The first-order valence-electron chi connectivity index (χ1n) is 9.02. The first-order chi connectivity index (χ1) is 12.7. The number of nitrogens with zero attached hydrogens (tertiary/aromatic N) is 2. The normalized spacial score (nSPS) is 18.4. The van der Waals surface area contributed by atoms with Crippen LogP contribution in [0.4, 0.5) is 11.4 Å². The lowest BCUT2D eigenvalue weighted by molar-refractivity contribution is 0.0601. The van der Waals surface area contributed by atoms with E-state index in [2.05, 4.69) is 43.8 Å². The molecule has 0 fully saturated rings. The van der Waals surface area contributed by atoms with Crippen molar-refractivity contribution >= 4 is 35.2 Å². The molecule has 2 aromatic rings. The van der Waals surface area contributed by atoms with Gasteiger partial charge in [0.05, 0.1) is 23.4 Å². The summed E-state index contributed by atoms with van der Waals surface area (Å²) in [5, 5.41) is 0.681. The van der Waals surface area contributed by atoms with E-state index in [4.69, 9.17) is 16.3 Å². The molecule has 1 atom stereocenters. The van der Waals surface area contributed by atoms with Gasteiger partial charge in [-0.05, 0) is 68.1 Å². The van der Waals surface area contributed by atoms with Crippen molar-refractivity contribution in [2.24, 2.45) is 4.99 Å². The molecular formula is C22H25ClN2O2. The largest absolute Gasteiger partial charge is 0.465 e. The van der Waals surface area contributed by atoms with E-state index in [9.17, 15) is 4.79 Å². The Balaban J connectivity index is 1.89. The Morgan fingerprint density at radius 3 is 2.59 bits per heavy atom. The molecule has 0 saturated heterocycles. The second-order valence-electron chi connectivity index (χ2n) is 7.71. The first-order valence-corrected chi connectivity index (χ1v) is 9.40. The van der Waals surface area contributed by atoms with Crippen LogP contribution in [-0.4, -0.2) is 31.9 Å². The number of ether oxygens (including phenoxy) is 1. The third kappa shape index (κ3) is 3.86. The van der Waals surface area contributed by atoms with Crippen LogP contribution in [0.2, 0.25) is 5.02 Å². The minimum atomic E-state index is -0.357. The predicted octanol–water partition coefficient (Wildman–Crippen LogP) is 5.60. The van der Waals surface area contributed by atoms with Gasteiger partial charge in [0.2, 0.25) is 0 Å². The minimum Gasteiger partial charge on any atom is -0.465 e. The van der Waals surface area contributed by atoms with Gasteiger partial charge in [0, 0.05) is 30.1 Å². The van der Waals surface area contributed by atoms with Crippen LogP contribution >= 0.6 is 11.6 Å². The minimum absolute atomic E-state index is 0.104. The van der Waals surface area contributed by atoms with Gasteiger partial charge in [0.1, 0.15) is 0 Å². The zero-order valence-electron chi connectivity index (χ0n) is 16.4. The molecule has 5 heteroatoms. The highest BCUT2D eigenvalue weighted by Crippen LogP contribution is 2.44. The molecule has 1 heterocycles. The van der Waals surface area contributed by atoms with E-state index in [1.165, 1.54) is 18.4 Å². The van der Waals surface area contributed by atoms with Gasteiger partial charge in [-0.1, -0.05) is 18.5 Å². The molecule has 0 spiro atoms. The van der Waals surface area contributed by atoms with Crippen LogP contribution < -0.4 is 4.90 Å². The number of fused-ring (bicyclic) bond motifs is 1. The lowest BCUT2D eigenvalue weighted by atomic mass is 9.80. The van der Waals surface area contributed by atoms with Crippen molar-refractivity contribution in [2.45, 2.75) is 38.6 Å². The number of hydrogen-bond acceptors (Lipinski definition) is 4. The van der Waals surface area contributed by atoms with Crippen LogP contribution in [0.1, 0.15) is 54.6 Å². The fraction of sp³-hybridized carbons (Fsp3) is 0.364. The van der Waals surface area contributed by atoms with Crippen LogP contribution in [0.5, 0.6) is 0 Å². The van der Waals surface area contributed by atoms with Crippen molar-refractivity contribution in [3.63, 3.8) is 0 Å². The maximum absolute atomic E-state index is 11.5. The number of hydrogen-bond donors (Lipinski definition) is 0. The molecular weight excluding hydrogens is 360 g/mol. The fourth-order valence-corrected chi connectivity index (χ4v) is 3.86. The molecule has 0 aromatic heterocycles.